The zero-order valence-electron chi connectivity index (χ0n) is 10.0. The maximum atomic E-state index is 11.5. The number of hydrogen-bond acceptors (Lipinski definition) is 2. The molecule has 0 aliphatic carbocycles. The Hall–Kier alpha value is -1.66. The van der Waals surface area contributed by atoms with Crippen molar-refractivity contribution in [3.8, 4) is 12.3 Å². The van der Waals surface area contributed by atoms with Crippen LogP contribution in [-0.2, 0) is 4.74 Å². The van der Waals surface area contributed by atoms with Crippen LogP contribution < -0.4 is 5.32 Å². The van der Waals surface area contributed by atoms with Crippen molar-refractivity contribution < 1.29 is 9.53 Å². The van der Waals surface area contributed by atoms with E-state index in [1.54, 1.807) is 39.0 Å². The number of rotatable bonds is 1. The number of carbonyl (C=O) groups is 1. The Morgan fingerprint density at radius 2 is 2.12 bits per heavy atom. The van der Waals surface area contributed by atoms with E-state index >= 15 is 0 Å². The number of amides is 1. The van der Waals surface area contributed by atoms with E-state index in [-0.39, 0.29) is 0 Å². The highest BCUT2D eigenvalue weighted by atomic mass is 35.5. The Labute approximate surface area is 106 Å². The number of carbonyl (C=O) groups excluding carboxylic acids is 1. The first-order valence-electron chi connectivity index (χ1n) is 5.08. The molecule has 0 spiro atoms. The highest BCUT2D eigenvalue weighted by molar-refractivity contribution is 6.32. The summed E-state index contributed by atoms with van der Waals surface area (Å²) in [7, 11) is 0. The van der Waals surface area contributed by atoms with E-state index in [4.69, 9.17) is 22.8 Å². The number of nitrogens with one attached hydrogen (secondary N) is 1. The molecular weight excluding hydrogens is 238 g/mol. The Balaban J connectivity index is 2.74. The summed E-state index contributed by atoms with van der Waals surface area (Å²) < 4.78 is 5.10. The van der Waals surface area contributed by atoms with Gasteiger partial charge in [0.15, 0.2) is 0 Å². The SMILES string of the molecule is C#Cc1ccc(NC(=O)OC(C)(C)C)cc1Cl. The monoisotopic (exact) mass is 251 g/mol. The van der Waals surface area contributed by atoms with Crippen molar-refractivity contribution in [1.82, 2.24) is 0 Å². The molecule has 1 rings (SSSR count). The maximum absolute atomic E-state index is 11.5. The van der Waals surface area contributed by atoms with Gasteiger partial charge in [-0.3, -0.25) is 5.32 Å². The molecule has 1 aromatic rings. The van der Waals surface area contributed by atoms with Gasteiger partial charge in [0.1, 0.15) is 5.60 Å². The van der Waals surface area contributed by atoms with Crippen LogP contribution in [0.3, 0.4) is 0 Å². The summed E-state index contributed by atoms with van der Waals surface area (Å²) in [4.78, 5) is 11.5. The fourth-order valence-electron chi connectivity index (χ4n) is 1.13. The van der Waals surface area contributed by atoms with Crippen molar-refractivity contribution in [2.75, 3.05) is 5.32 Å². The lowest BCUT2D eigenvalue weighted by molar-refractivity contribution is 0.0636. The van der Waals surface area contributed by atoms with E-state index in [1.807, 2.05) is 0 Å². The van der Waals surface area contributed by atoms with E-state index in [0.29, 0.717) is 16.3 Å². The molecule has 0 saturated carbocycles. The van der Waals surface area contributed by atoms with Gasteiger partial charge in [0, 0.05) is 11.3 Å². The largest absolute Gasteiger partial charge is 0.444 e. The summed E-state index contributed by atoms with van der Waals surface area (Å²) in [6, 6.07) is 4.92. The van der Waals surface area contributed by atoms with Gasteiger partial charge in [-0.2, -0.15) is 0 Å². The molecule has 4 heteroatoms. The van der Waals surface area contributed by atoms with Gasteiger partial charge in [-0.05, 0) is 39.0 Å². The Morgan fingerprint density at radius 1 is 1.47 bits per heavy atom. The minimum atomic E-state index is -0.535. The Morgan fingerprint density at radius 3 is 2.59 bits per heavy atom. The van der Waals surface area contributed by atoms with Crippen molar-refractivity contribution in [3.63, 3.8) is 0 Å². The van der Waals surface area contributed by atoms with Crippen molar-refractivity contribution in [1.29, 1.82) is 0 Å². The zero-order chi connectivity index (χ0) is 13.1. The molecule has 0 aliphatic rings. The molecular formula is C13H14ClNO2. The van der Waals surface area contributed by atoms with Gasteiger partial charge in [0.25, 0.3) is 0 Å². The molecule has 0 unspecified atom stereocenters. The Bertz CT molecular complexity index is 469. The van der Waals surface area contributed by atoms with Crippen LogP contribution in [0.1, 0.15) is 26.3 Å². The van der Waals surface area contributed by atoms with Crippen LogP contribution in [0.5, 0.6) is 0 Å². The maximum Gasteiger partial charge on any atom is 0.412 e. The molecule has 0 heterocycles. The summed E-state index contributed by atoms with van der Waals surface area (Å²) in [5, 5.41) is 2.99. The molecule has 0 aromatic heterocycles. The molecule has 90 valence electrons. The van der Waals surface area contributed by atoms with Gasteiger partial charge < -0.3 is 4.74 Å². The highest BCUT2D eigenvalue weighted by Gasteiger charge is 2.16. The summed E-state index contributed by atoms with van der Waals surface area (Å²) in [5.74, 6) is 2.44. The van der Waals surface area contributed by atoms with Gasteiger partial charge in [-0.1, -0.05) is 17.5 Å². The van der Waals surface area contributed by atoms with Crippen molar-refractivity contribution in [2.45, 2.75) is 26.4 Å². The van der Waals surface area contributed by atoms with Gasteiger partial charge in [0.05, 0.1) is 5.02 Å². The molecule has 17 heavy (non-hydrogen) atoms. The van der Waals surface area contributed by atoms with Crippen LogP contribution in [0, 0.1) is 12.3 Å². The minimum absolute atomic E-state index is 0.418. The lowest BCUT2D eigenvalue weighted by atomic mass is 10.2. The second-order valence-electron chi connectivity index (χ2n) is 4.47. The number of ether oxygens (including phenoxy) is 1. The average molecular weight is 252 g/mol. The van der Waals surface area contributed by atoms with E-state index in [1.165, 1.54) is 0 Å². The first-order valence-corrected chi connectivity index (χ1v) is 5.46. The van der Waals surface area contributed by atoms with Crippen LogP contribution >= 0.6 is 11.6 Å². The average Bonchev–Trinajstić information content (AvgIpc) is 2.14. The van der Waals surface area contributed by atoms with Crippen LogP contribution in [0.15, 0.2) is 18.2 Å². The second-order valence-corrected chi connectivity index (χ2v) is 4.87. The molecule has 3 nitrogen and oxygen atoms in total. The second kappa shape index (κ2) is 5.11. The van der Waals surface area contributed by atoms with E-state index in [9.17, 15) is 4.79 Å². The van der Waals surface area contributed by atoms with Crippen LogP contribution in [0.4, 0.5) is 10.5 Å². The van der Waals surface area contributed by atoms with E-state index in [2.05, 4.69) is 11.2 Å². The van der Waals surface area contributed by atoms with Gasteiger partial charge in [-0.15, -0.1) is 6.42 Å². The first kappa shape index (κ1) is 13.4. The minimum Gasteiger partial charge on any atom is -0.444 e. The summed E-state index contributed by atoms with van der Waals surface area (Å²) in [6.45, 7) is 5.38. The Kier molecular flexibility index (Phi) is 4.03. The fraction of sp³-hybridized carbons (Fsp3) is 0.308. The predicted molar refractivity (Wildman–Crippen MR) is 69.2 cm³/mol. The van der Waals surface area contributed by atoms with Gasteiger partial charge in [-0.25, -0.2) is 4.79 Å². The number of hydrogen-bond donors (Lipinski definition) is 1. The topological polar surface area (TPSA) is 38.3 Å². The molecule has 0 saturated heterocycles. The lowest BCUT2D eigenvalue weighted by Gasteiger charge is -2.19. The van der Waals surface area contributed by atoms with Crippen molar-refractivity contribution in [3.05, 3.63) is 28.8 Å². The van der Waals surface area contributed by atoms with Crippen LogP contribution in [0.25, 0.3) is 0 Å². The van der Waals surface area contributed by atoms with E-state index in [0.717, 1.165) is 0 Å². The van der Waals surface area contributed by atoms with Crippen LogP contribution in [0.2, 0.25) is 5.02 Å². The number of halogens is 1. The quantitative estimate of drug-likeness (QED) is 0.774. The normalized spacial score (nSPS) is 10.5. The van der Waals surface area contributed by atoms with Gasteiger partial charge in [0.2, 0.25) is 0 Å². The molecule has 0 radical (unpaired) electrons. The number of benzene rings is 1. The zero-order valence-corrected chi connectivity index (χ0v) is 10.8. The molecule has 1 amide bonds. The van der Waals surface area contributed by atoms with Gasteiger partial charge >= 0.3 is 6.09 Å². The lowest BCUT2D eigenvalue weighted by Crippen LogP contribution is -2.27. The highest BCUT2D eigenvalue weighted by Crippen LogP contribution is 2.20. The number of terminal acetylenes is 1. The third-order valence-electron chi connectivity index (χ3n) is 1.77. The molecule has 0 bridgehead atoms. The molecule has 0 fully saturated rings. The first-order chi connectivity index (χ1) is 7.81. The van der Waals surface area contributed by atoms with E-state index < -0.39 is 11.7 Å². The third-order valence-corrected chi connectivity index (χ3v) is 2.08. The van der Waals surface area contributed by atoms with Crippen molar-refractivity contribution in [2.24, 2.45) is 0 Å². The standard InChI is InChI=1S/C13H14ClNO2/c1-5-9-6-7-10(8-11(9)14)15-12(16)17-13(2,3)4/h1,6-8H,2-4H3,(H,15,16). The fourth-order valence-corrected chi connectivity index (χ4v) is 1.37. The molecule has 0 aliphatic heterocycles. The smallest absolute Gasteiger partial charge is 0.412 e. The summed E-state index contributed by atoms with van der Waals surface area (Å²) >= 11 is 5.91. The summed E-state index contributed by atoms with van der Waals surface area (Å²) in [6.07, 6.45) is 4.71. The predicted octanol–water partition coefficient (Wildman–Crippen LogP) is 3.67. The summed E-state index contributed by atoms with van der Waals surface area (Å²) in [5.41, 5.74) is 0.594. The van der Waals surface area contributed by atoms with Crippen LogP contribution in [-0.4, -0.2) is 11.7 Å². The number of anilines is 1. The third kappa shape index (κ3) is 4.38. The molecule has 1 N–H and O–H groups in total. The molecule has 0 atom stereocenters. The van der Waals surface area contributed by atoms with Crippen molar-refractivity contribution >= 4 is 23.4 Å². The molecule has 1 aromatic carbocycles.